The highest BCUT2D eigenvalue weighted by atomic mass is 16.7. The molecule has 2 saturated heterocycles. The monoisotopic (exact) mass is 301 g/mol. The Hall–Kier alpha value is -1.11. The van der Waals surface area contributed by atoms with Crippen molar-refractivity contribution in [2.45, 2.75) is 38.9 Å². The molecule has 0 radical (unpaired) electrons. The Morgan fingerprint density at radius 1 is 1.19 bits per heavy atom. The Morgan fingerprint density at radius 2 is 1.81 bits per heavy atom. The molecule has 3 heterocycles. The molecule has 3 rings (SSSR count). The van der Waals surface area contributed by atoms with E-state index in [4.69, 9.17) is 24.4 Å². The van der Waals surface area contributed by atoms with E-state index in [1.807, 2.05) is 0 Å². The van der Waals surface area contributed by atoms with E-state index in [-0.39, 0.29) is 10.5 Å². The molecular weight excluding hydrogens is 267 g/mol. The SMILES string of the molecule is [2H]c1nc(B2OC(C)(C)C(C)(C)O2)c([2H])c([2H])c1N1C([2H])([2H])C([2H])([2H])OC([2H])([2H])C1([2H])[2H]. The summed E-state index contributed by atoms with van der Waals surface area (Å²) in [4.78, 5) is 3.88. The second-order valence-electron chi connectivity index (χ2n) is 5.66. The van der Waals surface area contributed by atoms with E-state index in [2.05, 4.69) is 9.72 Å². The maximum Gasteiger partial charge on any atom is 0.514 e. The molecule has 0 saturated carbocycles. The van der Waals surface area contributed by atoms with Gasteiger partial charge in [-0.1, -0.05) is 0 Å². The normalized spacial score (nSPS) is 41.6. The number of nitrogens with zero attached hydrogens (tertiary/aromatic N) is 2. The van der Waals surface area contributed by atoms with Crippen molar-refractivity contribution < 1.29 is 29.1 Å². The molecule has 0 atom stereocenters. The Morgan fingerprint density at radius 3 is 2.43 bits per heavy atom. The lowest BCUT2D eigenvalue weighted by Crippen LogP contribution is -2.41. The van der Waals surface area contributed by atoms with Crippen LogP contribution in [0.4, 0.5) is 5.69 Å². The second-order valence-corrected chi connectivity index (χ2v) is 5.66. The van der Waals surface area contributed by atoms with Crippen LogP contribution in [0, 0.1) is 0 Å². The summed E-state index contributed by atoms with van der Waals surface area (Å²) in [6, 6.07) is -1.52. The predicted octanol–water partition coefficient (Wildman–Crippen LogP) is 1.22. The van der Waals surface area contributed by atoms with Crippen molar-refractivity contribution in [3.63, 3.8) is 0 Å². The van der Waals surface area contributed by atoms with Crippen LogP contribution in [0.3, 0.4) is 0 Å². The van der Waals surface area contributed by atoms with Gasteiger partial charge in [0.15, 0.2) is 0 Å². The molecule has 6 heteroatoms. The maximum atomic E-state index is 8.37. The molecule has 0 bridgehead atoms. The van der Waals surface area contributed by atoms with Gasteiger partial charge < -0.3 is 18.9 Å². The fourth-order valence-corrected chi connectivity index (χ4v) is 1.77. The molecule has 0 aliphatic carbocycles. The molecule has 114 valence electrons. The number of hydrogen-bond acceptors (Lipinski definition) is 5. The van der Waals surface area contributed by atoms with Crippen LogP contribution in [0.1, 0.15) is 42.8 Å². The highest BCUT2D eigenvalue weighted by Gasteiger charge is 2.52. The molecule has 0 aromatic carbocycles. The van der Waals surface area contributed by atoms with Crippen LogP contribution in [0.15, 0.2) is 18.3 Å². The summed E-state index contributed by atoms with van der Waals surface area (Å²) in [7, 11) is -1.23. The summed E-state index contributed by atoms with van der Waals surface area (Å²) in [6.07, 6.45) is -0.878. The molecule has 0 N–H and O–H groups in total. The third kappa shape index (κ3) is 2.80. The first-order valence-electron chi connectivity index (χ1n) is 11.9. The van der Waals surface area contributed by atoms with E-state index >= 15 is 0 Å². The third-order valence-corrected chi connectivity index (χ3v) is 3.71. The average Bonchev–Trinajstić information content (AvgIpc) is 2.79. The maximum absolute atomic E-state index is 8.37. The van der Waals surface area contributed by atoms with Crippen molar-refractivity contribution in [3.8, 4) is 0 Å². The molecule has 2 aliphatic rings. The minimum absolute atomic E-state index is 0.0206. The summed E-state index contributed by atoms with van der Waals surface area (Å²) in [5, 5.41) is 0. The zero-order chi connectivity index (χ0) is 24.9. The number of ether oxygens (including phenoxy) is 1. The van der Waals surface area contributed by atoms with Gasteiger partial charge in [0.1, 0.15) is 0 Å². The standard InChI is InChI=1S/C15H23BN2O3/c1-14(2)15(3,4)21-16(20-14)13-6-5-12(11-17-13)18-7-9-19-10-8-18/h5-6,11H,7-10H2,1-4H3/i5D,6D,7D2,8D2,9D2,10D2,11D. The van der Waals surface area contributed by atoms with Crippen LogP contribution in [0.25, 0.3) is 0 Å². The van der Waals surface area contributed by atoms with Gasteiger partial charge in [-0.3, -0.25) is 4.98 Å². The number of hydrogen-bond donors (Lipinski definition) is 0. The lowest BCUT2D eigenvalue weighted by molar-refractivity contribution is 0.00578. The van der Waals surface area contributed by atoms with Crippen molar-refractivity contribution in [1.29, 1.82) is 0 Å². The predicted molar refractivity (Wildman–Crippen MR) is 83.0 cm³/mol. The largest absolute Gasteiger partial charge is 0.514 e. The van der Waals surface area contributed by atoms with Gasteiger partial charge in [-0.15, -0.1) is 0 Å². The zero-order valence-electron chi connectivity index (χ0n) is 23.2. The van der Waals surface area contributed by atoms with E-state index in [0.29, 0.717) is 0 Å². The summed E-state index contributed by atoms with van der Waals surface area (Å²) < 4.78 is 105. The molecule has 21 heavy (non-hydrogen) atoms. The van der Waals surface area contributed by atoms with Gasteiger partial charge in [0, 0.05) is 19.2 Å². The number of aromatic nitrogens is 1. The molecule has 0 amide bonds. The summed E-state index contributed by atoms with van der Waals surface area (Å²) in [5.41, 5.74) is -2.80. The molecule has 0 unspecified atom stereocenters. The Bertz CT molecular complexity index is 915. The lowest BCUT2D eigenvalue weighted by Gasteiger charge is -2.32. The van der Waals surface area contributed by atoms with Gasteiger partial charge in [-0.25, -0.2) is 0 Å². The molecule has 2 fully saturated rings. The smallest absolute Gasteiger partial charge is 0.398 e. The van der Waals surface area contributed by atoms with E-state index < -0.39 is 68.4 Å². The number of rotatable bonds is 2. The topological polar surface area (TPSA) is 43.8 Å². The molecule has 1 aromatic rings. The average molecular weight is 301 g/mol. The minimum atomic E-state index is -3.37. The van der Waals surface area contributed by atoms with Crippen LogP contribution >= 0.6 is 0 Å². The van der Waals surface area contributed by atoms with Crippen LogP contribution in [-0.4, -0.2) is 49.4 Å². The van der Waals surface area contributed by atoms with Crippen molar-refractivity contribution in [1.82, 2.24) is 4.98 Å². The molecule has 1 aromatic heterocycles. The van der Waals surface area contributed by atoms with Crippen molar-refractivity contribution in [3.05, 3.63) is 18.3 Å². The highest BCUT2D eigenvalue weighted by molar-refractivity contribution is 6.61. The van der Waals surface area contributed by atoms with Gasteiger partial charge in [-0.2, -0.15) is 0 Å². The molecule has 0 spiro atoms. The van der Waals surface area contributed by atoms with Gasteiger partial charge in [0.05, 0.1) is 50.7 Å². The summed E-state index contributed by atoms with van der Waals surface area (Å²) in [5.74, 6) is 0. The third-order valence-electron chi connectivity index (χ3n) is 3.71. The van der Waals surface area contributed by atoms with E-state index in [9.17, 15) is 0 Å². The molecular formula is C15H23BN2O3. The van der Waals surface area contributed by atoms with Gasteiger partial charge >= 0.3 is 7.12 Å². The Labute approximate surface area is 142 Å². The Kier molecular flexibility index (Phi) is 1.65. The van der Waals surface area contributed by atoms with Gasteiger partial charge in [-0.05, 0) is 39.8 Å². The first-order chi connectivity index (χ1) is 14.1. The number of anilines is 1. The van der Waals surface area contributed by atoms with Crippen molar-refractivity contribution in [2.75, 3.05) is 31.0 Å². The second kappa shape index (κ2) is 5.27. The zero-order valence-corrected chi connectivity index (χ0v) is 12.2. The van der Waals surface area contributed by atoms with Crippen molar-refractivity contribution in [2.24, 2.45) is 0 Å². The van der Waals surface area contributed by atoms with Crippen LogP contribution in [-0.2, 0) is 14.0 Å². The van der Waals surface area contributed by atoms with E-state index in [1.54, 1.807) is 27.7 Å². The fraction of sp³-hybridized carbons (Fsp3) is 0.667. The summed E-state index contributed by atoms with van der Waals surface area (Å²) in [6.45, 7) is -6.49. The number of pyridine rings is 1. The highest BCUT2D eigenvalue weighted by Crippen LogP contribution is 2.36. The van der Waals surface area contributed by atoms with Crippen LogP contribution < -0.4 is 10.5 Å². The van der Waals surface area contributed by atoms with Crippen molar-refractivity contribution >= 4 is 18.4 Å². The summed E-state index contributed by atoms with van der Waals surface area (Å²) >= 11 is 0. The minimum Gasteiger partial charge on any atom is -0.398 e. The first kappa shape index (κ1) is 6.56. The lowest BCUT2D eigenvalue weighted by atomic mass is 9.84. The van der Waals surface area contributed by atoms with E-state index in [0.717, 1.165) is 0 Å². The van der Waals surface area contributed by atoms with Gasteiger partial charge in [0.2, 0.25) is 0 Å². The Balaban J connectivity index is 2.20. The molecule has 2 aliphatic heterocycles. The molecule has 5 nitrogen and oxygen atoms in total. The first-order valence-corrected chi connectivity index (χ1v) is 6.44. The quantitative estimate of drug-likeness (QED) is 0.769. The van der Waals surface area contributed by atoms with Crippen LogP contribution in [0.5, 0.6) is 0 Å². The fourth-order valence-electron chi connectivity index (χ4n) is 1.77. The van der Waals surface area contributed by atoms with Crippen LogP contribution in [0.2, 0.25) is 0 Å². The number of morpholine rings is 1. The van der Waals surface area contributed by atoms with Gasteiger partial charge in [0.25, 0.3) is 0 Å². The van der Waals surface area contributed by atoms with E-state index in [1.165, 1.54) is 0 Å².